The Balaban J connectivity index is 1.73. The minimum Gasteiger partial charge on any atom is -0.479 e. The van der Waals surface area contributed by atoms with Gasteiger partial charge in [-0.2, -0.15) is 0 Å². The number of para-hydroxylation sites is 1. The topological polar surface area (TPSA) is 137 Å². The van der Waals surface area contributed by atoms with E-state index in [1.165, 1.54) is 36.4 Å². The number of amides is 2. The highest BCUT2D eigenvalue weighted by molar-refractivity contribution is 5.96. The van der Waals surface area contributed by atoms with Crippen molar-refractivity contribution in [1.29, 1.82) is 0 Å². The number of ether oxygens (including phenoxy) is 2. The molecule has 2 N–H and O–H groups in total. The molecule has 2 rings (SSSR count). The standard InChI is InChI=1S/C17H14FN3O7/c18-13-6-1-2-7-14(13)27-10-16(23)28-9-15(22)19-20-17(24)11-4-3-5-12(8-11)21(25)26/h1-8H,9-10H2,(H,19,22)(H,20,24). The molecular weight excluding hydrogens is 377 g/mol. The number of nitrogens with zero attached hydrogens (tertiary/aromatic N) is 1. The normalized spacial score (nSPS) is 9.89. The second-order valence-corrected chi connectivity index (χ2v) is 5.19. The number of non-ortho nitro benzene ring substituents is 1. The second kappa shape index (κ2) is 9.62. The van der Waals surface area contributed by atoms with Crippen LogP contribution in [-0.2, 0) is 14.3 Å². The Kier molecular flexibility index (Phi) is 6.97. The van der Waals surface area contributed by atoms with Crippen LogP contribution in [0.1, 0.15) is 10.4 Å². The van der Waals surface area contributed by atoms with Gasteiger partial charge in [0.05, 0.1) is 4.92 Å². The fourth-order valence-electron chi connectivity index (χ4n) is 1.88. The zero-order valence-electron chi connectivity index (χ0n) is 14.2. The lowest BCUT2D eigenvalue weighted by Gasteiger charge is -2.09. The maximum atomic E-state index is 13.3. The quantitative estimate of drug-likeness (QED) is 0.410. The Morgan fingerprint density at radius 2 is 1.79 bits per heavy atom. The van der Waals surface area contributed by atoms with Crippen molar-refractivity contribution in [3.8, 4) is 5.75 Å². The fraction of sp³-hybridized carbons (Fsp3) is 0.118. The number of nitro benzene ring substituents is 1. The Morgan fingerprint density at radius 1 is 1.04 bits per heavy atom. The molecule has 0 saturated heterocycles. The second-order valence-electron chi connectivity index (χ2n) is 5.19. The first-order valence-corrected chi connectivity index (χ1v) is 7.73. The van der Waals surface area contributed by atoms with Crippen LogP contribution in [-0.4, -0.2) is 35.9 Å². The number of esters is 1. The van der Waals surface area contributed by atoms with Crippen molar-refractivity contribution in [2.75, 3.05) is 13.2 Å². The number of rotatable bonds is 7. The molecular formula is C17H14FN3O7. The Hall–Kier alpha value is -4.02. The molecule has 0 aliphatic rings. The molecule has 0 aliphatic carbocycles. The molecule has 0 spiro atoms. The van der Waals surface area contributed by atoms with E-state index in [9.17, 15) is 28.9 Å². The summed E-state index contributed by atoms with van der Waals surface area (Å²) in [5.41, 5.74) is 3.66. The Labute approximate surface area is 157 Å². The summed E-state index contributed by atoms with van der Waals surface area (Å²) in [6, 6.07) is 10.3. The van der Waals surface area contributed by atoms with E-state index >= 15 is 0 Å². The highest BCUT2D eigenvalue weighted by Gasteiger charge is 2.13. The van der Waals surface area contributed by atoms with Crippen molar-refractivity contribution in [2.24, 2.45) is 0 Å². The predicted molar refractivity (Wildman–Crippen MR) is 91.6 cm³/mol. The van der Waals surface area contributed by atoms with Crippen molar-refractivity contribution in [2.45, 2.75) is 0 Å². The van der Waals surface area contributed by atoms with E-state index in [-0.39, 0.29) is 17.0 Å². The highest BCUT2D eigenvalue weighted by atomic mass is 19.1. The minimum absolute atomic E-state index is 0.0511. The third-order valence-corrected chi connectivity index (χ3v) is 3.18. The van der Waals surface area contributed by atoms with Gasteiger partial charge in [0.25, 0.3) is 17.5 Å². The van der Waals surface area contributed by atoms with Gasteiger partial charge in [-0.3, -0.25) is 30.6 Å². The van der Waals surface area contributed by atoms with Gasteiger partial charge in [-0.15, -0.1) is 0 Å². The first-order chi connectivity index (χ1) is 13.4. The first-order valence-electron chi connectivity index (χ1n) is 7.73. The Bertz CT molecular complexity index is 904. The van der Waals surface area contributed by atoms with Gasteiger partial charge in [0.2, 0.25) is 0 Å². The molecule has 0 saturated carbocycles. The molecule has 0 aliphatic heterocycles. The molecule has 0 radical (unpaired) electrons. The molecule has 0 atom stereocenters. The molecule has 146 valence electrons. The molecule has 0 fully saturated rings. The number of nitro groups is 1. The zero-order valence-corrected chi connectivity index (χ0v) is 14.2. The van der Waals surface area contributed by atoms with Gasteiger partial charge in [-0.25, -0.2) is 9.18 Å². The summed E-state index contributed by atoms with van der Waals surface area (Å²) in [6.07, 6.45) is 0. The number of benzene rings is 2. The molecule has 10 nitrogen and oxygen atoms in total. The van der Waals surface area contributed by atoms with Crippen LogP contribution in [0.25, 0.3) is 0 Å². The van der Waals surface area contributed by atoms with Gasteiger partial charge in [0, 0.05) is 17.7 Å². The average molecular weight is 391 g/mol. The predicted octanol–water partition coefficient (Wildman–Crippen LogP) is 1.12. The van der Waals surface area contributed by atoms with Crippen LogP contribution in [0, 0.1) is 15.9 Å². The maximum Gasteiger partial charge on any atom is 0.344 e. The SMILES string of the molecule is O=C(COC(=O)COc1ccccc1F)NNC(=O)c1cccc([N+](=O)[O-])c1. The number of hydrogen-bond acceptors (Lipinski definition) is 7. The maximum absolute atomic E-state index is 13.3. The number of hydrogen-bond donors (Lipinski definition) is 2. The lowest BCUT2D eigenvalue weighted by molar-refractivity contribution is -0.384. The van der Waals surface area contributed by atoms with Gasteiger partial charge in [-0.05, 0) is 18.2 Å². The van der Waals surface area contributed by atoms with Gasteiger partial charge in [0.1, 0.15) is 0 Å². The van der Waals surface area contributed by atoms with Crippen LogP contribution in [0.5, 0.6) is 5.75 Å². The largest absolute Gasteiger partial charge is 0.479 e. The zero-order chi connectivity index (χ0) is 20.5. The molecule has 11 heteroatoms. The van der Waals surface area contributed by atoms with Crippen molar-refractivity contribution < 1.29 is 33.2 Å². The summed E-state index contributed by atoms with van der Waals surface area (Å²) in [4.78, 5) is 44.9. The van der Waals surface area contributed by atoms with Crippen LogP contribution in [0.2, 0.25) is 0 Å². The summed E-state index contributed by atoms with van der Waals surface area (Å²) in [7, 11) is 0. The average Bonchev–Trinajstić information content (AvgIpc) is 2.69. The fourth-order valence-corrected chi connectivity index (χ4v) is 1.88. The van der Waals surface area contributed by atoms with Crippen LogP contribution in [0.4, 0.5) is 10.1 Å². The van der Waals surface area contributed by atoms with Crippen molar-refractivity contribution >= 4 is 23.5 Å². The van der Waals surface area contributed by atoms with Crippen LogP contribution < -0.4 is 15.6 Å². The third-order valence-electron chi connectivity index (χ3n) is 3.18. The van der Waals surface area contributed by atoms with E-state index in [4.69, 9.17) is 4.74 Å². The molecule has 2 amide bonds. The van der Waals surface area contributed by atoms with Gasteiger partial charge >= 0.3 is 5.97 Å². The van der Waals surface area contributed by atoms with E-state index in [0.29, 0.717) is 0 Å². The Morgan fingerprint density at radius 3 is 2.50 bits per heavy atom. The highest BCUT2D eigenvalue weighted by Crippen LogP contribution is 2.15. The summed E-state index contributed by atoms with van der Waals surface area (Å²) in [5.74, 6) is -3.39. The number of carbonyl (C=O) groups is 3. The first kappa shape index (κ1) is 20.3. The van der Waals surface area contributed by atoms with E-state index in [1.807, 2.05) is 10.9 Å². The van der Waals surface area contributed by atoms with E-state index < -0.39 is 41.7 Å². The minimum atomic E-state index is -0.927. The smallest absolute Gasteiger partial charge is 0.344 e. The van der Waals surface area contributed by atoms with Crippen molar-refractivity contribution in [3.05, 3.63) is 70.0 Å². The number of hydrazine groups is 1. The molecule has 0 heterocycles. The monoisotopic (exact) mass is 391 g/mol. The summed E-state index contributed by atoms with van der Waals surface area (Å²) < 4.78 is 22.8. The number of nitrogens with one attached hydrogen (secondary N) is 2. The molecule has 0 bridgehead atoms. The molecule has 2 aromatic rings. The van der Waals surface area contributed by atoms with Gasteiger partial charge < -0.3 is 9.47 Å². The van der Waals surface area contributed by atoms with Gasteiger partial charge in [-0.1, -0.05) is 18.2 Å². The summed E-state index contributed by atoms with van der Waals surface area (Å²) >= 11 is 0. The van der Waals surface area contributed by atoms with Gasteiger partial charge in [0.15, 0.2) is 24.8 Å². The van der Waals surface area contributed by atoms with E-state index in [1.54, 1.807) is 0 Å². The van der Waals surface area contributed by atoms with E-state index in [0.717, 1.165) is 12.1 Å². The number of carbonyl (C=O) groups excluding carboxylic acids is 3. The lowest BCUT2D eigenvalue weighted by Crippen LogP contribution is -2.43. The third kappa shape index (κ3) is 6.05. The molecule has 0 unspecified atom stereocenters. The van der Waals surface area contributed by atoms with Crippen molar-refractivity contribution in [3.63, 3.8) is 0 Å². The van der Waals surface area contributed by atoms with Crippen LogP contribution in [0.15, 0.2) is 48.5 Å². The van der Waals surface area contributed by atoms with Crippen LogP contribution in [0.3, 0.4) is 0 Å². The molecule has 0 aromatic heterocycles. The van der Waals surface area contributed by atoms with Crippen LogP contribution >= 0.6 is 0 Å². The number of halogens is 1. The lowest BCUT2D eigenvalue weighted by atomic mass is 10.2. The molecule has 28 heavy (non-hydrogen) atoms. The van der Waals surface area contributed by atoms with E-state index in [2.05, 4.69) is 4.74 Å². The molecule has 2 aromatic carbocycles. The summed E-state index contributed by atoms with van der Waals surface area (Å²) in [6.45, 7) is -1.34. The summed E-state index contributed by atoms with van der Waals surface area (Å²) in [5, 5.41) is 10.7. The van der Waals surface area contributed by atoms with Crippen molar-refractivity contribution in [1.82, 2.24) is 10.9 Å².